The van der Waals surface area contributed by atoms with Crippen LogP contribution >= 0.6 is 15.9 Å². The van der Waals surface area contributed by atoms with Gasteiger partial charge in [-0.3, -0.25) is 4.79 Å². The lowest BCUT2D eigenvalue weighted by atomic mass is 10.2. The largest absolute Gasteiger partial charge is 0.481 e. The number of benzene rings is 1. The van der Waals surface area contributed by atoms with Crippen molar-refractivity contribution in [3.05, 3.63) is 34.1 Å². The predicted molar refractivity (Wildman–Crippen MR) is 58.1 cm³/mol. The van der Waals surface area contributed by atoms with Crippen LogP contribution in [0.25, 0.3) is 0 Å². The molecule has 3 nitrogen and oxygen atoms in total. The molecule has 1 aromatic carbocycles. The summed E-state index contributed by atoms with van der Waals surface area (Å²) < 4.78 is 13.6. The first-order valence-corrected chi connectivity index (χ1v) is 5.24. The first kappa shape index (κ1) is 12.1. The van der Waals surface area contributed by atoms with Gasteiger partial charge >= 0.3 is 5.97 Å². The molecule has 5 heteroatoms. The highest BCUT2D eigenvalue weighted by Gasteiger charge is 2.00. The predicted octanol–water partition coefficient (Wildman–Crippen LogP) is 2.15. The average Bonchev–Trinajstić information content (AvgIpc) is 2.10. The molecule has 2 N–H and O–H groups in total. The van der Waals surface area contributed by atoms with Crippen LogP contribution in [0.1, 0.15) is 12.0 Å². The van der Waals surface area contributed by atoms with E-state index in [1.54, 1.807) is 6.07 Å². The van der Waals surface area contributed by atoms with Gasteiger partial charge in [0.1, 0.15) is 5.82 Å². The molecule has 0 radical (unpaired) electrons. The van der Waals surface area contributed by atoms with Gasteiger partial charge in [-0.25, -0.2) is 4.39 Å². The Morgan fingerprint density at radius 1 is 1.47 bits per heavy atom. The molecule has 0 bridgehead atoms. The van der Waals surface area contributed by atoms with Crippen LogP contribution in [0.4, 0.5) is 4.39 Å². The summed E-state index contributed by atoms with van der Waals surface area (Å²) in [5.41, 5.74) is 0.785. The molecule has 0 unspecified atom stereocenters. The van der Waals surface area contributed by atoms with Gasteiger partial charge in [0.05, 0.1) is 6.42 Å². The van der Waals surface area contributed by atoms with E-state index in [4.69, 9.17) is 5.11 Å². The van der Waals surface area contributed by atoms with E-state index >= 15 is 0 Å². The molecule has 0 amide bonds. The molecular formula is C10H11BrFNO2. The summed E-state index contributed by atoms with van der Waals surface area (Å²) >= 11 is 3.18. The highest BCUT2D eigenvalue weighted by Crippen LogP contribution is 2.14. The van der Waals surface area contributed by atoms with Crippen molar-refractivity contribution in [2.45, 2.75) is 13.0 Å². The zero-order valence-electron chi connectivity index (χ0n) is 7.96. The van der Waals surface area contributed by atoms with E-state index in [9.17, 15) is 9.18 Å². The summed E-state index contributed by atoms with van der Waals surface area (Å²) in [6, 6.07) is 4.58. The zero-order chi connectivity index (χ0) is 11.3. The first-order valence-electron chi connectivity index (χ1n) is 4.45. The van der Waals surface area contributed by atoms with Gasteiger partial charge in [0.15, 0.2) is 0 Å². The SMILES string of the molecule is O=C(O)CCNCc1cc(F)cc(Br)c1. The summed E-state index contributed by atoms with van der Waals surface area (Å²) in [6.45, 7) is 0.840. The lowest BCUT2D eigenvalue weighted by Gasteiger charge is -2.04. The van der Waals surface area contributed by atoms with Crippen molar-refractivity contribution in [1.82, 2.24) is 5.32 Å². The molecule has 0 aliphatic carbocycles. The van der Waals surface area contributed by atoms with Gasteiger partial charge in [0, 0.05) is 17.6 Å². The minimum atomic E-state index is -0.845. The first-order chi connectivity index (χ1) is 7.08. The molecule has 0 saturated heterocycles. The van der Waals surface area contributed by atoms with Gasteiger partial charge in [-0.1, -0.05) is 15.9 Å². The Balaban J connectivity index is 2.40. The lowest BCUT2D eigenvalue weighted by Crippen LogP contribution is -2.17. The van der Waals surface area contributed by atoms with Gasteiger partial charge in [0.2, 0.25) is 0 Å². The van der Waals surface area contributed by atoms with E-state index in [1.165, 1.54) is 12.1 Å². The number of carbonyl (C=O) groups is 1. The summed E-state index contributed by atoms with van der Waals surface area (Å²) in [4.78, 5) is 10.2. The second kappa shape index (κ2) is 5.82. The van der Waals surface area contributed by atoms with Crippen molar-refractivity contribution >= 4 is 21.9 Å². The standard InChI is InChI=1S/C10H11BrFNO2/c11-8-3-7(4-9(12)5-8)6-13-2-1-10(14)15/h3-5,13H,1-2,6H2,(H,14,15). The topological polar surface area (TPSA) is 49.3 Å². The highest BCUT2D eigenvalue weighted by atomic mass is 79.9. The van der Waals surface area contributed by atoms with Gasteiger partial charge in [0.25, 0.3) is 0 Å². The summed E-state index contributed by atoms with van der Waals surface area (Å²) in [5.74, 6) is -1.15. The van der Waals surface area contributed by atoms with Crippen LogP contribution in [0.15, 0.2) is 22.7 Å². The minimum Gasteiger partial charge on any atom is -0.481 e. The summed E-state index contributed by atoms with van der Waals surface area (Å²) in [7, 11) is 0. The Kier molecular flexibility index (Phi) is 4.71. The molecule has 0 aliphatic rings. The van der Waals surface area contributed by atoms with Crippen LogP contribution in [0.3, 0.4) is 0 Å². The Morgan fingerprint density at radius 2 is 2.20 bits per heavy atom. The van der Waals surface area contributed by atoms with Crippen molar-refractivity contribution in [3.8, 4) is 0 Å². The fourth-order valence-electron chi connectivity index (χ4n) is 1.14. The van der Waals surface area contributed by atoms with E-state index in [0.29, 0.717) is 17.6 Å². The Labute approximate surface area is 95.4 Å². The van der Waals surface area contributed by atoms with Crippen LogP contribution in [0.2, 0.25) is 0 Å². The van der Waals surface area contributed by atoms with E-state index in [0.717, 1.165) is 5.56 Å². The van der Waals surface area contributed by atoms with Gasteiger partial charge in [-0.15, -0.1) is 0 Å². The summed E-state index contributed by atoms with van der Waals surface area (Å²) in [5, 5.41) is 11.3. The van der Waals surface area contributed by atoms with Crippen molar-refractivity contribution in [1.29, 1.82) is 0 Å². The van der Waals surface area contributed by atoms with Gasteiger partial charge in [-0.05, 0) is 23.8 Å². The van der Waals surface area contributed by atoms with Crippen molar-refractivity contribution in [3.63, 3.8) is 0 Å². The molecule has 0 heterocycles. The van der Waals surface area contributed by atoms with E-state index in [-0.39, 0.29) is 12.2 Å². The second-order valence-electron chi connectivity index (χ2n) is 3.10. The average molecular weight is 276 g/mol. The maximum absolute atomic E-state index is 12.9. The fraction of sp³-hybridized carbons (Fsp3) is 0.300. The molecule has 0 spiro atoms. The van der Waals surface area contributed by atoms with Gasteiger partial charge in [-0.2, -0.15) is 0 Å². The number of carboxylic acid groups (broad SMARTS) is 1. The van der Waals surface area contributed by atoms with Crippen LogP contribution in [0.5, 0.6) is 0 Å². The van der Waals surface area contributed by atoms with Crippen molar-refractivity contribution in [2.24, 2.45) is 0 Å². The van der Waals surface area contributed by atoms with E-state index < -0.39 is 5.97 Å². The number of halogens is 2. The molecule has 0 atom stereocenters. The molecule has 0 aromatic heterocycles. The molecule has 1 aromatic rings. The molecule has 1 rings (SSSR count). The molecule has 15 heavy (non-hydrogen) atoms. The number of rotatable bonds is 5. The Bertz CT molecular complexity index is 337. The monoisotopic (exact) mass is 275 g/mol. The third kappa shape index (κ3) is 4.90. The number of hydrogen-bond donors (Lipinski definition) is 2. The molecule has 82 valence electrons. The maximum Gasteiger partial charge on any atom is 0.304 e. The number of carboxylic acids is 1. The molecule has 0 saturated carbocycles. The number of aliphatic carboxylic acids is 1. The fourth-order valence-corrected chi connectivity index (χ4v) is 1.65. The second-order valence-corrected chi connectivity index (χ2v) is 4.01. The van der Waals surface area contributed by atoms with Crippen LogP contribution in [0, 0.1) is 5.82 Å². The van der Waals surface area contributed by atoms with Crippen LogP contribution in [-0.4, -0.2) is 17.6 Å². The normalized spacial score (nSPS) is 10.3. The molecule has 0 aliphatic heterocycles. The minimum absolute atomic E-state index is 0.0660. The molecule has 0 fully saturated rings. The van der Waals surface area contributed by atoms with Crippen LogP contribution < -0.4 is 5.32 Å². The Morgan fingerprint density at radius 3 is 2.80 bits per heavy atom. The Hall–Kier alpha value is -0.940. The van der Waals surface area contributed by atoms with Crippen LogP contribution in [-0.2, 0) is 11.3 Å². The highest BCUT2D eigenvalue weighted by molar-refractivity contribution is 9.10. The van der Waals surface area contributed by atoms with Crippen molar-refractivity contribution in [2.75, 3.05) is 6.54 Å². The molecular weight excluding hydrogens is 265 g/mol. The zero-order valence-corrected chi connectivity index (χ0v) is 9.55. The van der Waals surface area contributed by atoms with E-state index in [1.807, 2.05) is 0 Å². The maximum atomic E-state index is 12.9. The summed E-state index contributed by atoms with van der Waals surface area (Å²) in [6.07, 6.45) is 0.0660. The number of hydrogen-bond acceptors (Lipinski definition) is 2. The third-order valence-corrected chi connectivity index (χ3v) is 2.22. The smallest absolute Gasteiger partial charge is 0.304 e. The van der Waals surface area contributed by atoms with Gasteiger partial charge < -0.3 is 10.4 Å². The van der Waals surface area contributed by atoms with Crippen molar-refractivity contribution < 1.29 is 14.3 Å². The van der Waals surface area contributed by atoms with E-state index in [2.05, 4.69) is 21.2 Å². The third-order valence-electron chi connectivity index (χ3n) is 1.77. The quantitative estimate of drug-likeness (QED) is 0.810. The number of nitrogens with one attached hydrogen (secondary N) is 1. The lowest BCUT2D eigenvalue weighted by molar-refractivity contribution is -0.136.